The summed E-state index contributed by atoms with van der Waals surface area (Å²) < 4.78 is 0. The van der Waals surface area contributed by atoms with Gasteiger partial charge in [0.1, 0.15) is 0 Å². The van der Waals surface area contributed by atoms with Crippen LogP contribution in [-0.2, 0) is 0 Å². The molecule has 1 atom stereocenters. The first-order chi connectivity index (χ1) is 3.93. The minimum absolute atomic E-state index is 0. The van der Waals surface area contributed by atoms with E-state index in [-0.39, 0.29) is 24.0 Å². The second kappa shape index (κ2) is 5.15. The third-order valence-electron chi connectivity index (χ3n) is 0.940. The van der Waals surface area contributed by atoms with Crippen molar-refractivity contribution in [3.05, 3.63) is 30.3 Å². The summed E-state index contributed by atoms with van der Waals surface area (Å²) >= 11 is 0. The molecule has 0 amide bonds. The smallest absolute Gasteiger partial charge is 0.0127 e. The van der Waals surface area contributed by atoms with Crippen molar-refractivity contribution in [2.75, 3.05) is 0 Å². The van der Waals surface area contributed by atoms with Crippen LogP contribution in [0.2, 0.25) is 0 Å². The fourth-order valence-electron chi connectivity index (χ4n) is 0.534. The first-order valence-electron chi connectivity index (χ1n) is 2.45. The maximum atomic E-state index is 5.38. The highest BCUT2D eigenvalue weighted by Crippen LogP contribution is 1.95. The lowest BCUT2D eigenvalue weighted by Crippen LogP contribution is -1.94. The van der Waals surface area contributed by atoms with Crippen LogP contribution >= 0.6 is 32.7 Å². The lowest BCUT2D eigenvalue weighted by atomic mass is 10.4. The molecule has 0 aliphatic carbocycles. The molecule has 1 nitrogen and oxygen atoms in total. The summed E-state index contributed by atoms with van der Waals surface area (Å²) in [6.45, 7) is 0. The zero-order chi connectivity index (χ0) is 5.82. The Morgan fingerprint density at radius 3 is 2.00 bits per heavy atom. The van der Waals surface area contributed by atoms with Gasteiger partial charge in [-0.05, 0) is 14.0 Å². The molecule has 1 rings (SSSR count). The molecule has 0 aromatic heterocycles. The topological polar surface area (TPSA) is 26.0 Å². The van der Waals surface area contributed by atoms with E-state index < -0.39 is 0 Å². The lowest BCUT2D eigenvalue weighted by Gasteiger charge is -1.89. The van der Waals surface area contributed by atoms with Crippen molar-refractivity contribution in [1.82, 2.24) is 0 Å². The molecular weight excluding hydrogens is 244 g/mol. The van der Waals surface area contributed by atoms with Crippen molar-refractivity contribution >= 4 is 38.0 Å². The predicted octanol–water partition coefficient (Wildman–Crippen LogP) is 1.48. The van der Waals surface area contributed by atoms with Crippen LogP contribution in [0.15, 0.2) is 30.3 Å². The van der Waals surface area contributed by atoms with Gasteiger partial charge >= 0.3 is 0 Å². The zero-order valence-corrected chi connectivity index (χ0v) is 8.20. The van der Waals surface area contributed by atoms with E-state index in [0.29, 0.717) is 8.73 Å². The molecule has 2 N–H and O–H groups in total. The Morgan fingerprint density at radius 2 is 1.67 bits per heavy atom. The van der Waals surface area contributed by atoms with E-state index in [0.717, 1.165) is 0 Å². The van der Waals surface area contributed by atoms with Gasteiger partial charge in [-0.3, -0.25) is 0 Å². The molecule has 9 heavy (non-hydrogen) atoms. The quantitative estimate of drug-likeness (QED) is 0.595. The summed E-state index contributed by atoms with van der Waals surface area (Å²) in [6.07, 6.45) is 0. The molecule has 0 saturated carbocycles. The van der Waals surface area contributed by atoms with Gasteiger partial charge in [-0.15, -0.1) is 24.0 Å². The van der Waals surface area contributed by atoms with Crippen molar-refractivity contribution in [3.8, 4) is 0 Å². The first kappa shape index (κ1) is 9.34. The molecule has 0 aliphatic rings. The number of hydrogen-bond donors (Lipinski definition) is 1. The molecular formula is C6H9INP. The van der Waals surface area contributed by atoms with Gasteiger partial charge in [0, 0.05) is 0 Å². The van der Waals surface area contributed by atoms with Gasteiger partial charge in [0.05, 0.1) is 0 Å². The van der Waals surface area contributed by atoms with Gasteiger partial charge in [0.25, 0.3) is 0 Å². The third kappa shape index (κ3) is 3.14. The van der Waals surface area contributed by atoms with Gasteiger partial charge < -0.3 is 5.50 Å². The van der Waals surface area contributed by atoms with Crippen LogP contribution < -0.4 is 10.8 Å². The van der Waals surface area contributed by atoms with Crippen molar-refractivity contribution in [2.24, 2.45) is 5.50 Å². The summed E-state index contributed by atoms with van der Waals surface area (Å²) in [7, 11) is 0.430. The van der Waals surface area contributed by atoms with Crippen LogP contribution in [0.4, 0.5) is 0 Å². The monoisotopic (exact) mass is 253 g/mol. The van der Waals surface area contributed by atoms with Crippen LogP contribution in [0.3, 0.4) is 0 Å². The number of halogens is 1. The van der Waals surface area contributed by atoms with Crippen molar-refractivity contribution in [2.45, 2.75) is 0 Å². The van der Waals surface area contributed by atoms with Gasteiger partial charge in [-0.25, -0.2) is 0 Å². The Bertz CT molecular complexity index is 154. The molecule has 0 fully saturated rings. The van der Waals surface area contributed by atoms with E-state index >= 15 is 0 Å². The minimum Gasteiger partial charge on any atom is -0.308 e. The molecule has 1 aromatic carbocycles. The molecule has 0 radical (unpaired) electrons. The molecule has 1 unspecified atom stereocenters. The minimum atomic E-state index is 0. The Labute approximate surface area is 73.9 Å². The number of benzene rings is 1. The fourth-order valence-corrected chi connectivity index (χ4v) is 0.919. The maximum absolute atomic E-state index is 5.38. The lowest BCUT2D eigenvalue weighted by molar-refractivity contribution is 1.77. The van der Waals surface area contributed by atoms with Crippen LogP contribution in [0.1, 0.15) is 0 Å². The molecule has 0 bridgehead atoms. The standard InChI is InChI=1S/C6H8NP.HI/c7-8-6-4-2-1-3-5-6;/h1-5,8H,7H2;1H. The van der Waals surface area contributed by atoms with Crippen molar-refractivity contribution in [1.29, 1.82) is 0 Å². The van der Waals surface area contributed by atoms with Gasteiger partial charge in [-0.1, -0.05) is 30.3 Å². The van der Waals surface area contributed by atoms with Crippen molar-refractivity contribution in [3.63, 3.8) is 0 Å². The largest absolute Gasteiger partial charge is 0.308 e. The second-order valence-electron chi connectivity index (χ2n) is 1.51. The predicted molar refractivity (Wildman–Crippen MR) is 54.0 cm³/mol. The molecule has 0 spiro atoms. The number of nitrogens with two attached hydrogens (primary N) is 1. The van der Waals surface area contributed by atoms with Gasteiger partial charge in [0.15, 0.2) is 0 Å². The van der Waals surface area contributed by atoms with E-state index in [2.05, 4.69) is 0 Å². The summed E-state index contributed by atoms with van der Waals surface area (Å²) in [5.74, 6) is 0. The summed E-state index contributed by atoms with van der Waals surface area (Å²) in [5.41, 5.74) is 5.38. The molecule has 1 aromatic rings. The van der Waals surface area contributed by atoms with Crippen LogP contribution in [-0.4, -0.2) is 0 Å². The molecule has 3 heteroatoms. The highest BCUT2D eigenvalue weighted by atomic mass is 127. The van der Waals surface area contributed by atoms with Crippen LogP contribution in [0, 0.1) is 0 Å². The highest BCUT2D eigenvalue weighted by molar-refractivity contribution is 14.0. The maximum Gasteiger partial charge on any atom is -0.0127 e. The highest BCUT2D eigenvalue weighted by Gasteiger charge is 1.80. The molecule has 0 aliphatic heterocycles. The average Bonchev–Trinajstić information content (AvgIpc) is 1.90. The number of hydrogen-bond acceptors (Lipinski definition) is 1. The zero-order valence-electron chi connectivity index (χ0n) is 4.87. The fraction of sp³-hybridized carbons (Fsp3) is 0. The molecule has 0 saturated heterocycles. The van der Waals surface area contributed by atoms with E-state index in [1.165, 1.54) is 5.30 Å². The van der Waals surface area contributed by atoms with E-state index in [9.17, 15) is 0 Å². The SMILES string of the molecule is I.NPc1ccccc1. The van der Waals surface area contributed by atoms with Crippen molar-refractivity contribution < 1.29 is 0 Å². The van der Waals surface area contributed by atoms with Crippen LogP contribution in [0.5, 0.6) is 0 Å². The average molecular weight is 253 g/mol. The summed E-state index contributed by atoms with van der Waals surface area (Å²) in [5, 5.41) is 1.22. The number of rotatable bonds is 1. The normalized spacial score (nSPS) is 9.44. The van der Waals surface area contributed by atoms with Gasteiger partial charge in [-0.2, -0.15) is 0 Å². The van der Waals surface area contributed by atoms with E-state index in [1.807, 2.05) is 30.3 Å². The first-order valence-corrected chi connectivity index (χ1v) is 3.53. The Morgan fingerprint density at radius 1 is 1.11 bits per heavy atom. The van der Waals surface area contributed by atoms with E-state index in [4.69, 9.17) is 5.50 Å². The Balaban J connectivity index is 0.000000640. The second-order valence-corrected chi connectivity index (χ2v) is 2.38. The third-order valence-corrected chi connectivity index (χ3v) is 1.61. The Kier molecular flexibility index (Phi) is 5.35. The van der Waals surface area contributed by atoms with Gasteiger partial charge in [0.2, 0.25) is 0 Å². The summed E-state index contributed by atoms with van der Waals surface area (Å²) in [6, 6.07) is 10.0. The Hall–Kier alpha value is 0.340. The molecule has 0 heterocycles. The van der Waals surface area contributed by atoms with Crippen LogP contribution in [0.25, 0.3) is 0 Å². The summed E-state index contributed by atoms with van der Waals surface area (Å²) in [4.78, 5) is 0. The van der Waals surface area contributed by atoms with E-state index in [1.54, 1.807) is 0 Å². The molecule has 50 valence electrons.